The summed E-state index contributed by atoms with van der Waals surface area (Å²) in [6.45, 7) is 1.71. The summed E-state index contributed by atoms with van der Waals surface area (Å²) in [6.07, 6.45) is 2.62. The van der Waals surface area contributed by atoms with Gasteiger partial charge in [-0.05, 0) is 39.2 Å². The molecule has 0 saturated carbocycles. The third-order valence-corrected chi connectivity index (χ3v) is 4.59. The van der Waals surface area contributed by atoms with Gasteiger partial charge in [0.1, 0.15) is 0 Å². The highest BCUT2D eigenvalue weighted by molar-refractivity contribution is 7.21. The molecule has 2 heterocycles. The number of aromatic nitrogens is 1. The van der Waals surface area contributed by atoms with Gasteiger partial charge in [-0.15, -0.1) is 11.3 Å². The molecule has 0 radical (unpaired) electrons. The number of fused-ring (bicyclic) bond motifs is 1. The fourth-order valence-electron chi connectivity index (χ4n) is 1.93. The minimum Gasteiger partial charge on any atom is -0.341 e. The minimum absolute atomic E-state index is 0.0304. The maximum atomic E-state index is 12.4. The van der Waals surface area contributed by atoms with Crippen molar-refractivity contribution in [3.8, 4) is 0 Å². The summed E-state index contributed by atoms with van der Waals surface area (Å²) in [5, 5.41) is 0.648. The van der Waals surface area contributed by atoms with E-state index in [4.69, 9.17) is 11.6 Å². The van der Waals surface area contributed by atoms with E-state index in [-0.39, 0.29) is 5.91 Å². The third-order valence-electron chi connectivity index (χ3n) is 3.02. The Hall–Kier alpha value is -1.17. The Labute approximate surface area is 128 Å². The van der Waals surface area contributed by atoms with Crippen LogP contribution in [0.25, 0.3) is 10.2 Å². The van der Waals surface area contributed by atoms with E-state index in [0.29, 0.717) is 9.90 Å². The van der Waals surface area contributed by atoms with Crippen LogP contribution >= 0.6 is 22.9 Å². The van der Waals surface area contributed by atoms with E-state index in [1.165, 1.54) is 11.3 Å². The number of thiophene rings is 1. The van der Waals surface area contributed by atoms with E-state index in [0.717, 1.165) is 29.7 Å². The van der Waals surface area contributed by atoms with Crippen molar-refractivity contribution in [3.05, 3.63) is 28.2 Å². The third kappa shape index (κ3) is 3.48. The molecule has 2 rings (SSSR count). The van der Waals surface area contributed by atoms with E-state index in [1.54, 1.807) is 17.2 Å². The normalized spacial score (nSPS) is 11.2. The zero-order valence-electron chi connectivity index (χ0n) is 11.9. The number of hydrogen-bond donors (Lipinski definition) is 0. The van der Waals surface area contributed by atoms with Gasteiger partial charge in [0.15, 0.2) is 0 Å². The Bertz CT molecular complexity index is 611. The lowest BCUT2D eigenvalue weighted by molar-refractivity contribution is 0.0795. The molecule has 0 unspecified atom stereocenters. The van der Waals surface area contributed by atoms with Crippen molar-refractivity contribution in [1.29, 1.82) is 0 Å². The molecule has 1 amide bonds. The van der Waals surface area contributed by atoms with E-state index in [9.17, 15) is 4.79 Å². The Morgan fingerprint density at radius 3 is 2.75 bits per heavy atom. The molecule has 0 spiro atoms. The average molecular weight is 312 g/mol. The van der Waals surface area contributed by atoms with Crippen molar-refractivity contribution in [2.75, 3.05) is 34.2 Å². The molecule has 0 N–H and O–H groups in total. The minimum atomic E-state index is 0.0304. The summed E-state index contributed by atoms with van der Waals surface area (Å²) < 4.78 is 0.874. The first-order valence-electron chi connectivity index (χ1n) is 6.43. The lowest BCUT2D eigenvalue weighted by Crippen LogP contribution is -2.29. The predicted molar refractivity (Wildman–Crippen MR) is 84.8 cm³/mol. The number of carbonyl (C=O) groups excluding carboxylic acids is 1. The highest BCUT2D eigenvalue weighted by Gasteiger charge is 2.16. The Kier molecular flexibility index (Phi) is 4.96. The number of rotatable bonds is 5. The summed E-state index contributed by atoms with van der Waals surface area (Å²) in [5.74, 6) is 0.0304. The number of carbonyl (C=O) groups is 1. The molecule has 6 heteroatoms. The van der Waals surface area contributed by atoms with Crippen LogP contribution in [0.5, 0.6) is 0 Å². The van der Waals surface area contributed by atoms with Crippen molar-refractivity contribution >= 4 is 39.1 Å². The van der Waals surface area contributed by atoms with Gasteiger partial charge in [-0.1, -0.05) is 11.6 Å². The van der Waals surface area contributed by atoms with Gasteiger partial charge in [0.25, 0.3) is 5.91 Å². The number of hydrogen-bond acceptors (Lipinski definition) is 4. The molecule has 0 atom stereocenters. The zero-order valence-corrected chi connectivity index (χ0v) is 13.5. The largest absolute Gasteiger partial charge is 0.341 e. The second-order valence-electron chi connectivity index (χ2n) is 5.00. The number of amides is 1. The maximum absolute atomic E-state index is 12.4. The molecular weight excluding hydrogens is 294 g/mol. The molecule has 0 aliphatic heterocycles. The lowest BCUT2D eigenvalue weighted by atomic mass is 10.3. The molecule has 2 aromatic rings. The summed E-state index contributed by atoms with van der Waals surface area (Å²) in [7, 11) is 5.89. The van der Waals surface area contributed by atoms with E-state index < -0.39 is 0 Å². The molecule has 4 nitrogen and oxygen atoms in total. The van der Waals surface area contributed by atoms with Gasteiger partial charge < -0.3 is 9.80 Å². The maximum Gasteiger partial charge on any atom is 0.263 e. The molecule has 0 aliphatic rings. The highest BCUT2D eigenvalue weighted by Crippen LogP contribution is 2.30. The van der Waals surface area contributed by atoms with E-state index in [2.05, 4.69) is 9.88 Å². The SMILES string of the molecule is CN(C)CCCN(C)C(=O)c1cc2nccc(Cl)c2s1. The number of pyridine rings is 1. The fourth-order valence-corrected chi connectivity index (χ4v) is 3.21. The van der Waals surface area contributed by atoms with Crippen molar-refractivity contribution in [3.63, 3.8) is 0 Å². The van der Waals surface area contributed by atoms with E-state index >= 15 is 0 Å². The molecule has 0 saturated heterocycles. The average Bonchev–Trinajstić information content (AvgIpc) is 2.82. The quantitative estimate of drug-likeness (QED) is 0.852. The monoisotopic (exact) mass is 311 g/mol. The van der Waals surface area contributed by atoms with Crippen LogP contribution in [0, 0.1) is 0 Å². The van der Waals surface area contributed by atoms with Gasteiger partial charge in [-0.2, -0.15) is 0 Å². The van der Waals surface area contributed by atoms with Gasteiger partial charge >= 0.3 is 0 Å². The van der Waals surface area contributed by atoms with Crippen LogP contribution in [0.1, 0.15) is 16.1 Å². The Balaban J connectivity index is 2.09. The molecule has 20 heavy (non-hydrogen) atoms. The zero-order chi connectivity index (χ0) is 14.7. The molecule has 2 aromatic heterocycles. The van der Waals surface area contributed by atoms with Gasteiger partial charge in [0.2, 0.25) is 0 Å². The molecule has 0 fully saturated rings. The summed E-state index contributed by atoms with van der Waals surface area (Å²) in [4.78, 5) is 21.1. The highest BCUT2D eigenvalue weighted by atomic mass is 35.5. The summed E-state index contributed by atoms with van der Waals surface area (Å²) >= 11 is 7.52. The Morgan fingerprint density at radius 1 is 1.35 bits per heavy atom. The van der Waals surface area contributed by atoms with Crippen LogP contribution in [0.4, 0.5) is 0 Å². The van der Waals surface area contributed by atoms with Crippen molar-refractivity contribution in [2.45, 2.75) is 6.42 Å². The molecule has 0 bridgehead atoms. The van der Waals surface area contributed by atoms with E-state index in [1.807, 2.05) is 27.2 Å². The van der Waals surface area contributed by atoms with Gasteiger partial charge in [0, 0.05) is 19.8 Å². The van der Waals surface area contributed by atoms with Crippen LogP contribution in [0.2, 0.25) is 5.02 Å². The number of nitrogens with zero attached hydrogens (tertiary/aromatic N) is 3. The van der Waals surface area contributed by atoms with Crippen LogP contribution in [0.3, 0.4) is 0 Å². The van der Waals surface area contributed by atoms with Gasteiger partial charge in [0.05, 0.1) is 20.1 Å². The first-order valence-corrected chi connectivity index (χ1v) is 7.62. The molecular formula is C14H18ClN3OS. The topological polar surface area (TPSA) is 36.4 Å². The van der Waals surface area contributed by atoms with Crippen LogP contribution in [0.15, 0.2) is 18.3 Å². The summed E-state index contributed by atoms with van der Waals surface area (Å²) in [5.41, 5.74) is 0.785. The smallest absolute Gasteiger partial charge is 0.263 e. The molecule has 0 aliphatic carbocycles. The lowest BCUT2D eigenvalue weighted by Gasteiger charge is -2.17. The van der Waals surface area contributed by atoms with Crippen LogP contribution < -0.4 is 0 Å². The second kappa shape index (κ2) is 6.52. The van der Waals surface area contributed by atoms with Crippen molar-refractivity contribution < 1.29 is 4.79 Å². The van der Waals surface area contributed by atoms with Crippen molar-refractivity contribution in [1.82, 2.24) is 14.8 Å². The second-order valence-corrected chi connectivity index (χ2v) is 6.46. The predicted octanol–water partition coefficient (Wildman–Crippen LogP) is 2.97. The fraction of sp³-hybridized carbons (Fsp3) is 0.429. The Morgan fingerprint density at radius 2 is 2.10 bits per heavy atom. The number of halogens is 1. The van der Waals surface area contributed by atoms with Crippen LogP contribution in [-0.2, 0) is 0 Å². The standard InChI is InChI=1S/C14H18ClN3OS/c1-17(2)7-4-8-18(3)14(19)12-9-11-13(20-12)10(15)5-6-16-11/h5-6,9H,4,7-8H2,1-3H3. The summed E-state index contributed by atoms with van der Waals surface area (Å²) in [6, 6.07) is 3.56. The first kappa shape index (κ1) is 15.2. The molecule has 108 valence electrons. The van der Waals surface area contributed by atoms with Crippen LogP contribution in [-0.4, -0.2) is 54.9 Å². The molecule has 0 aromatic carbocycles. The van der Waals surface area contributed by atoms with Gasteiger partial charge in [-0.3, -0.25) is 9.78 Å². The van der Waals surface area contributed by atoms with Crippen molar-refractivity contribution in [2.24, 2.45) is 0 Å². The first-order chi connectivity index (χ1) is 9.49. The van der Waals surface area contributed by atoms with Gasteiger partial charge in [-0.25, -0.2) is 0 Å².